The molecule has 16 heavy (non-hydrogen) atoms. The highest BCUT2D eigenvalue weighted by Gasteiger charge is 2.26. The molecule has 1 N–H and O–H groups in total. The molecule has 5 heteroatoms. The number of hydrogen-bond donors (Lipinski definition) is 1. The van der Waals surface area contributed by atoms with Gasteiger partial charge >= 0.3 is 0 Å². The Hall–Kier alpha value is -0.910. The molecule has 0 aliphatic carbocycles. The van der Waals surface area contributed by atoms with Crippen molar-refractivity contribution in [1.82, 2.24) is 4.72 Å². The lowest BCUT2D eigenvalue weighted by Gasteiger charge is -2.09. The Bertz CT molecular complexity index is 430. The van der Waals surface area contributed by atoms with E-state index in [0.29, 0.717) is 19.6 Å². The highest BCUT2D eigenvalue weighted by atomic mass is 32.2. The molecule has 0 bridgehead atoms. The topological polar surface area (TPSA) is 55.4 Å². The normalized spacial score (nSPS) is 23.4. The third kappa shape index (κ3) is 3.30. The first kappa shape index (κ1) is 11.6. The van der Waals surface area contributed by atoms with Gasteiger partial charge in [0.05, 0.1) is 19.0 Å². The molecule has 1 heterocycles. The van der Waals surface area contributed by atoms with E-state index in [4.69, 9.17) is 4.74 Å². The van der Waals surface area contributed by atoms with Gasteiger partial charge in [0.25, 0.3) is 0 Å². The van der Waals surface area contributed by atoms with Gasteiger partial charge in [0.2, 0.25) is 10.0 Å². The van der Waals surface area contributed by atoms with Crippen molar-refractivity contribution in [1.29, 1.82) is 0 Å². The van der Waals surface area contributed by atoms with E-state index >= 15 is 0 Å². The minimum atomic E-state index is -3.02. The second-order valence-corrected chi connectivity index (χ2v) is 5.80. The van der Waals surface area contributed by atoms with Gasteiger partial charge in [-0.25, -0.2) is 13.1 Å². The molecule has 1 saturated heterocycles. The summed E-state index contributed by atoms with van der Waals surface area (Å²) < 4.78 is 30.2. The van der Waals surface area contributed by atoms with Crippen molar-refractivity contribution < 1.29 is 13.2 Å². The zero-order chi connectivity index (χ0) is 11.4. The van der Waals surface area contributed by atoms with Gasteiger partial charge in [0, 0.05) is 6.04 Å². The monoisotopic (exact) mass is 241 g/mol. The molecular weight excluding hydrogens is 226 g/mol. The molecule has 0 radical (unpaired) electrons. The summed E-state index contributed by atoms with van der Waals surface area (Å²) in [4.78, 5) is 0. The second-order valence-electron chi connectivity index (χ2n) is 3.92. The highest BCUT2D eigenvalue weighted by Crippen LogP contribution is 2.09. The van der Waals surface area contributed by atoms with Gasteiger partial charge in [-0.05, 0) is 12.0 Å². The third-order valence-corrected chi connectivity index (χ3v) is 3.98. The first-order valence-electron chi connectivity index (χ1n) is 5.27. The van der Waals surface area contributed by atoms with Crippen LogP contribution in [0.1, 0.15) is 12.0 Å². The van der Waals surface area contributed by atoms with Crippen LogP contribution in [-0.4, -0.2) is 26.8 Å². The molecule has 1 atom stereocenters. The SMILES string of the molecule is O=S1(=O)CC[C@@H](COCc2ccccc2)N1. The van der Waals surface area contributed by atoms with E-state index in [1.165, 1.54) is 0 Å². The summed E-state index contributed by atoms with van der Waals surface area (Å²) in [7, 11) is -3.02. The summed E-state index contributed by atoms with van der Waals surface area (Å²) >= 11 is 0. The van der Waals surface area contributed by atoms with Crippen molar-refractivity contribution in [3.63, 3.8) is 0 Å². The highest BCUT2D eigenvalue weighted by molar-refractivity contribution is 7.89. The van der Waals surface area contributed by atoms with Crippen LogP contribution in [0.5, 0.6) is 0 Å². The van der Waals surface area contributed by atoms with Gasteiger partial charge < -0.3 is 4.74 Å². The number of rotatable bonds is 4. The molecule has 1 aliphatic rings. The molecule has 0 aromatic heterocycles. The van der Waals surface area contributed by atoms with Crippen LogP contribution in [0.25, 0.3) is 0 Å². The summed E-state index contributed by atoms with van der Waals surface area (Å²) in [6.07, 6.45) is 0.636. The first-order valence-corrected chi connectivity index (χ1v) is 6.93. The van der Waals surface area contributed by atoms with E-state index in [0.717, 1.165) is 5.56 Å². The average molecular weight is 241 g/mol. The Kier molecular flexibility index (Phi) is 3.58. The Morgan fingerprint density at radius 2 is 2.06 bits per heavy atom. The molecule has 0 saturated carbocycles. The van der Waals surface area contributed by atoms with Gasteiger partial charge in [0.15, 0.2) is 0 Å². The molecule has 0 spiro atoms. The first-order chi connectivity index (χ1) is 7.66. The number of nitrogens with one attached hydrogen (secondary N) is 1. The van der Waals surface area contributed by atoms with Crippen molar-refractivity contribution in [2.24, 2.45) is 0 Å². The van der Waals surface area contributed by atoms with Crippen molar-refractivity contribution in [2.75, 3.05) is 12.4 Å². The maximum Gasteiger partial charge on any atom is 0.211 e. The Morgan fingerprint density at radius 1 is 1.31 bits per heavy atom. The van der Waals surface area contributed by atoms with E-state index in [1.54, 1.807) is 0 Å². The number of hydrogen-bond acceptors (Lipinski definition) is 3. The van der Waals surface area contributed by atoms with Crippen molar-refractivity contribution >= 4 is 10.0 Å². The predicted octanol–water partition coefficient (Wildman–Crippen LogP) is 0.895. The van der Waals surface area contributed by atoms with Crippen molar-refractivity contribution in [2.45, 2.75) is 19.1 Å². The van der Waals surface area contributed by atoms with E-state index < -0.39 is 10.0 Å². The van der Waals surface area contributed by atoms with Gasteiger partial charge in [-0.3, -0.25) is 0 Å². The molecule has 88 valence electrons. The third-order valence-electron chi connectivity index (χ3n) is 2.51. The molecular formula is C11H15NO3S. The number of benzene rings is 1. The standard InChI is InChI=1S/C11H15NO3S/c13-16(14)7-6-11(12-16)9-15-8-10-4-2-1-3-5-10/h1-5,11-12H,6-9H2/t11-/m0/s1. The van der Waals surface area contributed by atoms with E-state index in [1.807, 2.05) is 30.3 Å². The molecule has 2 rings (SSSR count). The Labute approximate surface area is 95.7 Å². The van der Waals surface area contributed by atoms with Crippen LogP contribution in [0.4, 0.5) is 0 Å². The van der Waals surface area contributed by atoms with E-state index in [9.17, 15) is 8.42 Å². The van der Waals surface area contributed by atoms with Crippen molar-refractivity contribution in [3.05, 3.63) is 35.9 Å². The van der Waals surface area contributed by atoms with Crippen LogP contribution >= 0.6 is 0 Å². The smallest absolute Gasteiger partial charge is 0.211 e. The number of sulfonamides is 1. The van der Waals surface area contributed by atoms with Crippen molar-refractivity contribution in [3.8, 4) is 0 Å². The minimum absolute atomic E-state index is 0.0614. The second kappa shape index (κ2) is 4.95. The minimum Gasteiger partial charge on any atom is -0.375 e. The quantitative estimate of drug-likeness (QED) is 0.852. The number of ether oxygens (including phenoxy) is 1. The van der Waals surface area contributed by atoms with Crippen LogP contribution in [0.2, 0.25) is 0 Å². The molecule has 4 nitrogen and oxygen atoms in total. The molecule has 0 unspecified atom stereocenters. The van der Waals surface area contributed by atoms with E-state index in [-0.39, 0.29) is 11.8 Å². The Morgan fingerprint density at radius 3 is 2.69 bits per heavy atom. The molecule has 1 aromatic carbocycles. The van der Waals surface area contributed by atoms with Crippen LogP contribution in [0.15, 0.2) is 30.3 Å². The largest absolute Gasteiger partial charge is 0.375 e. The van der Waals surface area contributed by atoms with Gasteiger partial charge in [0.1, 0.15) is 0 Å². The summed E-state index contributed by atoms with van der Waals surface area (Å²) in [5.74, 6) is 0.215. The van der Waals surface area contributed by atoms with Crippen LogP contribution < -0.4 is 4.72 Å². The molecule has 1 aliphatic heterocycles. The average Bonchev–Trinajstić information content (AvgIpc) is 2.60. The fourth-order valence-corrected chi connectivity index (χ4v) is 3.09. The summed E-state index contributed by atoms with van der Waals surface area (Å²) in [6, 6.07) is 9.77. The fourth-order valence-electron chi connectivity index (χ4n) is 1.68. The lowest BCUT2D eigenvalue weighted by Crippen LogP contribution is -2.29. The van der Waals surface area contributed by atoms with Crippen LogP contribution in [0, 0.1) is 0 Å². The summed E-state index contributed by atoms with van der Waals surface area (Å²) in [6.45, 7) is 0.965. The maximum absolute atomic E-state index is 11.1. The van der Waals surface area contributed by atoms with E-state index in [2.05, 4.69) is 4.72 Å². The summed E-state index contributed by atoms with van der Waals surface area (Å²) in [5, 5.41) is 0. The lowest BCUT2D eigenvalue weighted by molar-refractivity contribution is 0.105. The summed E-state index contributed by atoms with van der Waals surface area (Å²) in [5.41, 5.74) is 1.10. The lowest BCUT2D eigenvalue weighted by atomic mass is 10.2. The molecule has 1 fully saturated rings. The van der Waals surface area contributed by atoms with Crippen LogP contribution in [0.3, 0.4) is 0 Å². The predicted molar refractivity (Wildman–Crippen MR) is 61.4 cm³/mol. The van der Waals surface area contributed by atoms with Gasteiger partial charge in [-0.1, -0.05) is 30.3 Å². The fraction of sp³-hybridized carbons (Fsp3) is 0.455. The Balaban J connectivity index is 1.74. The maximum atomic E-state index is 11.1. The van der Waals surface area contributed by atoms with Gasteiger partial charge in [-0.15, -0.1) is 0 Å². The zero-order valence-corrected chi connectivity index (χ0v) is 9.74. The van der Waals surface area contributed by atoms with Crippen LogP contribution in [-0.2, 0) is 21.4 Å². The zero-order valence-electron chi connectivity index (χ0n) is 8.93. The molecule has 0 amide bonds. The molecule has 1 aromatic rings. The van der Waals surface area contributed by atoms with Gasteiger partial charge in [-0.2, -0.15) is 0 Å².